The van der Waals surface area contributed by atoms with E-state index in [9.17, 15) is 17.6 Å². The largest absolute Gasteiger partial charge is 0.451 e. The van der Waals surface area contributed by atoms with Crippen molar-refractivity contribution in [3.05, 3.63) is 46.1 Å². The number of carbonyl (C=O) groups is 1. The number of nitrogens with zero attached hydrogens (tertiary/aromatic N) is 2. The number of aryl methyl sites for hydroxylation is 1. The summed E-state index contributed by atoms with van der Waals surface area (Å²) >= 11 is 6.08. The van der Waals surface area contributed by atoms with Crippen LogP contribution in [0.3, 0.4) is 0 Å². The van der Waals surface area contributed by atoms with Crippen LogP contribution in [-0.4, -0.2) is 32.4 Å². The first kappa shape index (κ1) is 20.4. The Balaban J connectivity index is 1.68. The quantitative estimate of drug-likeness (QED) is 0.624. The number of nitrogens with two attached hydrogens (primary N) is 1. The molecule has 11 heteroatoms. The molecular formula is C19H18ClFN4O4S. The second-order valence-electron chi connectivity index (χ2n) is 7.08. The lowest BCUT2D eigenvalue weighted by Crippen LogP contribution is -2.36. The third-order valence-electron chi connectivity index (χ3n) is 5.02. The first-order valence-electron chi connectivity index (χ1n) is 9.06. The zero-order chi connectivity index (χ0) is 21.8. The van der Waals surface area contributed by atoms with Crippen LogP contribution in [0.15, 0.2) is 27.5 Å². The van der Waals surface area contributed by atoms with Gasteiger partial charge in [0.05, 0.1) is 16.1 Å². The van der Waals surface area contributed by atoms with Gasteiger partial charge in [-0.05, 0) is 31.9 Å². The predicted octanol–water partition coefficient (Wildman–Crippen LogP) is 3.15. The minimum absolute atomic E-state index is 0.0811. The second-order valence-corrected chi connectivity index (χ2v) is 9.07. The van der Waals surface area contributed by atoms with Crippen LogP contribution >= 0.6 is 11.6 Å². The number of hydrogen-bond donors (Lipinski definition) is 2. The molecule has 3 aromatic rings. The minimum atomic E-state index is -4.41. The van der Waals surface area contributed by atoms with E-state index in [0.717, 1.165) is 25.6 Å². The summed E-state index contributed by atoms with van der Waals surface area (Å²) in [6, 6.07) is 4.14. The molecule has 0 radical (unpaired) electrons. The van der Waals surface area contributed by atoms with Gasteiger partial charge in [-0.25, -0.2) is 22.5 Å². The van der Waals surface area contributed by atoms with Gasteiger partial charge in [0.25, 0.3) is 10.0 Å². The molecular weight excluding hydrogens is 435 g/mol. The van der Waals surface area contributed by atoms with Gasteiger partial charge in [0, 0.05) is 30.9 Å². The number of hydrogen-bond acceptors (Lipinski definition) is 7. The van der Waals surface area contributed by atoms with Crippen molar-refractivity contribution in [1.29, 1.82) is 0 Å². The van der Waals surface area contributed by atoms with Gasteiger partial charge in [-0.3, -0.25) is 4.79 Å². The Morgan fingerprint density at radius 1 is 1.30 bits per heavy atom. The van der Waals surface area contributed by atoms with E-state index in [-0.39, 0.29) is 33.1 Å². The van der Waals surface area contributed by atoms with Gasteiger partial charge in [-0.2, -0.15) is 0 Å². The van der Waals surface area contributed by atoms with E-state index >= 15 is 0 Å². The number of fused-ring (bicyclic) bond motifs is 1. The second kappa shape index (κ2) is 7.13. The van der Waals surface area contributed by atoms with Gasteiger partial charge in [-0.1, -0.05) is 11.6 Å². The van der Waals surface area contributed by atoms with Crippen LogP contribution in [-0.2, 0) is 10.0 Å². The maximum atomic E-state index is 14.5. The topological polar surface area (TPSA) is 119 Å². The molecule has 0 spiro atoms. The van der Waals surface area contributed by atoms with Crippen LogP contribution in [0.2, 0.25) is 5.02 Å². The third-order valence-corrected chi connectivity index (χ3v) is 7.08. The van der Waals surface area contributed by atoms with Crippen molar-refractivity contribution in [3.63, 3.8) is 0 Å². The number of rotatable bonds is 4. The Bertz CT molecular complexity index is 1300. The highest BCUT2D eigenvalue weighted by atomic mass is 35.5. The Kier molecular flexibility index (Phi) is 4.86. The normalized spacial score (nSPS) is 14.1. The maximum absolute atomic E-state index is 14.5. The summed E-state index contributed by atoms with van der Waals surface area (Å²) < 4.78 is 47.3. The average Bonchev–Trinajstić information content (AvgIpc) is 3.02. The van der Waals surface area contributed by atoms with Crippen molar-refractivity contribution >= 4 is 50.0 Å². The lowest BCUT2D eigenvalue weighted by molar-refractivity contribution is 0.0956. The van der Waals surface area contributed by atoms with Crippen molar-refractivity contribution < 1.29 is 22.0 Å². The fraction of sp³-hybridized carbons (Fsp3) is 0.263. The zero-order valence-electron chi connectivity index (χ0n) is 16.1. The highest BCUT2D eigenvalue weighted by molar-refractivity contribution is 7.90. The van der Waals surface area contributed by atoms with Crippen LogP contribution in [0.25, 0.3) is 11.0 Å². The molecule has 2 aromatic heterocycles. The maximum Gasteiger partial charge on any atom is 0.300 e. The SMILES string of the molecule is Cc1nc(N)c(S(=O)(=O)NC(=O)c2cc3c(F)cc(N4CCC4)cc3o2)c(C)c1Cl. The molecule has 0 unspecified atom stereocenters. The number of nitrogen functional groups attached to an aromatic ring is 1. The summed E-state index contributed by atoms with van der Waals surface area (Å²) in [6.07, 6.45) is 1.02. The van der Waals surface area contributed by atoms with Crippen molar-refractivity contribution in [2.24, 2.45) is 0 Å². The number of halogens is 2. The first-order chi connectivity index (χ1) is 14.1. The van der Waals surface area contributed by atoms with E-state index < -0.39 is 26.6 Å². The van der Waals surface area contributed by atoms with E-state index in [2.05, 4.69) is 4.98 Å². The van der Waals surface area contributed by atoms with Crippen molar-refractivity contribution in [2.45, 2.75) is 25.2 Å². The fourth-order valence-electron chi connectivity index (χ4n) is 3.36. The lowest BCUT2D eigenvalue weighted by Gasteiger charge is -2.33. The van der Waals surface area contributed by atoms with Crippen LogP contribution in [0.1, 0.15) is 28.2 Å². The van der Waals surface area contributed by atoms with Crippen molar-refractivity contribution in [3.8, 4) is 0 Å². The molecule has 3 heterocycles. The summed E-state index contributed by atoms with van der Waals surface area (Å²) in [4.78, 5) is 18.0. The van der Waals surface area contributed by atoms with E-state index in [0.29, 0.717) is 11.4 Å². The van der Waals surface area contributed by atoms with E-state index in [4.69, 9.17) is 21.8 Å². The molecule has 3 N–H and O–H groups in total. The van der Waals surface area contributed by atoms with Crippen molar-refractivity contribution in [1.82, 2.24) is 9.71 Å². The molecule has 0 aliphatic carbocycles. The molecule has 8 nitrogen and oxygen atoms in total. The van der Waals surface area contributed by atoms with Crippen LogP contribution in [0.5, 0.6) is 0 Å². The number of nitrogens with one attached hydrogen (secondary N) is 1. The molecule has 0 bridgehead atoms. The summed E-state index contributed by atoms with van der Waals surface area (Å²) in [5.41, 5.74) is 7.08. The molecule has 4 rings (SSSR count). The molecule has 1 amide bonds. The van der Waals surface area contributed by atoms with E-state index in [1.807, 2.05) is 9.62 Å². The Morgan fingerprint density at radius 3 is 2.63 bits per heavy atom. The summed E-state index contributed by atoms with van der Waals surface area (Å²) in [7, 11) is -4.41. The molecule has 158 valence electrons. The number of amides is 1. The summed E-state index contributed by atoms with van der Waals surface area (Å²) in [6.45, 7) is 4.66. The molecule has 1 aliphatic rings. The number of carbonyl (C=O) groups excluding carboxylic acids is 1. The number of furan rings is 1. The smallest absolute Gasteiger partial charge is 0.300 e. The van der Waals surface area contributed by atoms with Crippen LogP contribution in [0.4, 0.5) is 15.9 Å². The number of anilines is 2. The monoisotopic (exact) mass is 452 g/mol. The summed E-state index contributed by atoms with van der Waals surface area (Å²) in [5, 5.41) is 0.207. The number of aromatic nitrogens is 1. The molecule has 0 atom stereocenters. The Morgan fingerprint density at radius 2 is 2.00 bits per heavy atom. The molecule has 1 saturated heterocycles. The lowest BCUT2D eigenvalue weighted by atomic mass is 10.1. The van der Waals surface area contributed by atoms with Crippen molar-refractivity contribution in [2.75, 3.05) is 23.7 Å². The van der Waals surface area contributed by atoms with Gasteiger partial charge in [0.15, 0.2) is 5.76 Å². The Labute approximate surface area is 176 Å². The molecule has 1 aliphatic heterocycles. The highest BCUT2D eigenvalue weighted by Crippen LogP contribution is 2.31. The Hall–Kier alpha value is -2.85. The number of pyridine rings is 1. The predicted molar refractivity (Wildman–Crippen MR) is 111 cm³/mol. The van der Waals surface area contributed by atoms with Gasteiger partial charge in [0.2, 0.25) is 0 Å². The van der Waals surface area contributed by atoms with Gasteiger partial charge < -0.3 is 15.1 Å². The zero-order valence-corrected chi connectivity index (χ0v) is 17.7. The van der Waals surface area contributed by atoms with Crippen LogP contribution < -0.4 is 15.4 Å². The molecule has 0 saturated carbocycles. The third kappa shape index (κ3) is 3.35. The van der Waals surface area contributed by atoms with Gasteiger partial charge in [0.1, 0.15) is 22.1 Å². The van der Waals surface area contributed by atoms with Gasteiger partial charge in [-0.15, -0.1) is 0 Å². The molecule has 30 heavy (non-hydrogen) atoms. The standard InChI is InChI=1S/C19H18ClFN4O4S/c1-9-16(20)10(2)23-18(22)17(9)30(27,28)24-19(26)15-8-12-13(21)6-11(7-14(12)29-15)25-4-3-5-25/h6-8H,3-5H2,1-2H3,(H2,22,23)(H,24,26). The number of sulfonamides is 1. The van der Waals surface area contributed by atoms with E-state index in [1.165, 1.54) is 13.0 Å². The highest BCUT2D eigenvalue weighted by Gasteiger charge is 2.28. The first-order valence-corrected chi connectivity index (χ1v) is 10.9. The molecule has 1 fully saturated rings. The van der Waals surface area contributed by atoms with E-state index in [1.54, 1.807) is 13.0 Å². The summed E-state index contributed by atoms with van der Waals surface area (Å²) in [5.74, 6) is -2.26. The van der Waals surface area contributed by atoms with Crippen LogP contribution in [0, 0.1) is 19.7 Å². The fourth-order valence-corrected chi connectivity index (χ4v) is 4.82. The molecule has 1 aromatic carbocycles. The number of benzene rings is 1. The minimum Gasteiger partial charge on any atom is -0.451 e. The average molecular weight is 453 g/mol. The van der Waals surface area contributed by atoms with Gasteiger partial charge >= 0.3 is 5.91 Å².